The van der Waals surface area contributed by atoms with Crippen molar-refractivity contribution in [2.24, 2.45) is 0 Å². The summed E-state index contributed by atoms with van der Waals surface area (Å²) in [6, 6.07) is 8.74. The van der Waals surface area contributed by atoms with Crippen LogP contribution in [0.4, 0.5) is 34.9 Å². The van der Waals surface area contributed by atoms with E-state index in [2.05, 4.69) is 20.6 Å². The SMILES string of the molecule is CS(=O)(=O)O.Cc1cccc(Cl)c1Nc1nc2cc(C(=O)Nc3cc(C(F)(F)F)ccc3F)c3c(c2[nH]1)CC(C)(C)O3. The Balaban J connectivity index is 0.000000748. The van der Waals surface area contributed by atoms with E-state index in [9.17, 15) is 30.8 Å². The Morgan fingerprint density at radius 3 is 2.48 bits per heavy atom. The summed E-state index contributed by atoms with van der Waals surface area (Å²) in [5.74, 6) is -1.19. The third-order valence-corrected chi connectivity index (χ3v) is 6.38. The fraction of sp³-hybridized carbons (Fsp3) is 0.259. The van der Waals surface area contributed by atoms with E-state index < -0.39 is 44.9 Å². The molecule has 1 amide bonds. The van der Waals surface area contributed by atoms with Crippen molar-refractivity contribution in [2.75, 3.05) is 16.9 Å². The molecule has 4 aromatic rings. The lowest BCUT2D eigenvalue weighted by Crippen LogP contribution is -2.25. The molecular weight excluding hydrogens is 604 g/mol. The fourth-order valence-electron chi connectivity index (χ4n) is 4.35. The number of H-pyrrole nitrogens is 1. The average Bonchev–Trinajstić information content (AvgIpc) is 3.39. The molecule has 4 N–H and O–H groups in total. The largest absolute Gasteiger partial charge is 0.486 e. The summed E-state index contributed by atoms with van der Waals surface area (Å²) in [4.78, 5) is 21.0. The van der Waals surface area contributed by atoms with Crippen molar-refractivity contribution >= 4 is 56.0 Å². The molecule has 42 heavy (non-hydrogen) atoms. The summed E-state index contributed by atoms with van der Waals surface area (Å²) in [5.41, 5.74) is 0.970. The number of nitrogens with zero attached hydrogens (tertiary/aromatic N) is 1. The number of aromatic nitrogens is 2. The summed E-state index contributed by atoms with van der Waals surface area (Å²) in [5, 5.41) is 5.92. The number of nitrogens with one attached hydrogen (secondary N) is 3. The lowest BCUT2D eigenvalue weighted by Gasteiger charge is -2.18. The Morgan fingerprint density at radius 1 is 1.19 bits per heavy atom. The molecule has 0 aliphatic carbocycles. The number of aromatic amines is 1. The van der Waals surface area contributed by atoms with Crippen LogP contribution >= 0.6 is 11.6 Å². The monoisotopic (exact) mass is 628 g/mol. The van der Waals surface area contributed by atoms with E-state index in [-0.39, 0.29) is 11.3 Å². The van der Waals surface area contributed by atoms with Crippen LogP contribution in [0.3, 0.4) is 0 Å². The van der Waals surface area contributed by atoms with Gasteiger partial charge < -0.3 is 20.4 Å². The first kappa shape index (κ1) is 31.1. The van der Waals surface area contributed by atoms with Crippen molar-refractivity contribution in [1.29, 1.82) is 0 Å². The van der Waals surface area contributed by atoms with Gasteiger partial charge in [-0.15, -0.1) is 0 Å². The topological polar surface area (TPSA) is 133 Å². The van der Waals surface area contributed by atoms with E-state index >= 15 is 0 Å². The van der Waals surface area contributed by atoms with Gasteiger partial charge in [0.15, 0.2) is 0 Å². The second-order valence-corrected chi connectivity index (χ2v) is 12.1. The van der Waals surface area contributed by atoms with Crippen LogP contribution in [0.5, 0.6) is 5.75 Å². The molecule has 0 unspecified atom stereocenters. The average molecular weight is 629 g/mol. The zero-order valence-corrected chi connectivity index (χ0v) is 24.1. The van der Waals surface area contributed by atoms with Gasteiger partial charge in [-0.2, -0.15) is 21.6 Å². The minimum atomic E-state index is -4.70. The Hall–Kier alpha value is -3.88. The maximum Gasteiger partial charge on any atom is 0.416 e. The van der Waals surface area contributed by atoms with Gasteiger partial charge in [0.25, 0.3) is 16.0 Å². The third-order valence-electron chi connectivity index (χ3n) is 6.07. The number of para-hydroxylation sites is 1. The highest BCUT2D eigenvalue weighted by molar-refractivity contribution is 7.85. The molecule has 0 spiro atoms. The molecule has 2 heterocycles. The predicted molar refractivity (Wildman–Crippen MR) is 151 cm³/mol. The van der Waals surface area contributed by atoms with Crippen molar-refractivity contribution in [2.45, 2.75) is 39.0 Å². The van der Waals surface area contributed by atoms with Crippen LogP contribution in [0.1, 0.15) is 40.9 Å². The van der Waals surface area contributed by atoms with Gasteiger partial charge in [0.2, 0.25) is 5.95 Å². The molecule has 1 aliphatic rings. The number of imidazole rings is 1. The van der Waals surface area contributed by atoms with Crippen LogP contribution in [-0.4, -0.2) is 40.7 Å². The summed E-state index contributed by atoms with van der Waals surface area (Å²) < 4.78 is 85.6. The number of benzene rings is 3. The highest BCUT2D eigenvalue weighted by atomic mass is 35.5. The fourth-order valence-corrected chi connectivity index (χ4v) is 4.62. The van der Waals surface area contributed by atoms with Crippen molar-refractivity contribution in [3.63, 3.8) is 0 Å². The summed E-state index contributed by atoms with van der Waals surface area (Å²) in [7, 11) is -3.67. The Kier molecular flexibility index (Phi) is 8.19. The number of aryl methyl sites for hydroxylation is 1. The lowest BCUT2D eigenvalue weighted by molar-refractivity contribution is -0.137. The number of ether oxygens (including phenoxy) is 1. The molecule has 0 fully saturated rings. The molecule has 0 saturated carbocycles. The molecule has 3 aromatic carbocycles. The second-order valence-electron chi connectivity index (χ2n) is 10.2. The molecule has 0 radical (unpaired) electrons. The number of rotatable bonds is 4. The number of hydrogen-bond donors (Lipinski definition) is 4. The van der Waals surface area contributed by atoms with E-state index in [1.807, 2.05) is 32.9 Å². The molecule has 0 saturated heterocycles. The second kappa shape index (κ2) is 11.1. The van der Waals surface area contributed by atoms with Crippen LogP contribution in [0.25, 0.3) is 11.0 Å². The smallest absolute Gasteiger partial charge is 0.416 e. The summed E-state index contributed by atoms with van der Waals surface area (Å²) in [6.45, 7) is 5.57. The number of carbonyl (C=O) groups excluding carboxylic acids is 1. The molecular formula is C27H25ClF4N4O5S. The number of hydrogen-bond acceptors (Lipinski definition) is 6. The van der Waals surface area contributed by atoms with E-state index in [4.69, 9.17) is 20.9 Å². The Labute approximate surface area is 243 Å². The number of alkyl halides is 3. The minimum Gasteiger partial charge on any atom is -0.486 e. The summed E-state index contributed by atoms with van der Waals surface area (Å²) >= 11 is 6.33. The zero-order chi connectivity index (χ0) is 31.2. The molecule has 1 aliphatic heterocycles. The van der Waals surface area contributed by atoms with E-state index in [0.717, 1.165) is 5.56 Å². The normalized spacial score (nSPS) is 14.0. The maximum absolute atomic E-state index is 14.3. The van der Waals surface area contributed by atoms with E-state index in [1.54, 1.807) is 6.07 Å². The first-order chi connectivity index (χ1) is 19.3. The predicted octanol–water partition coefficient (Wildman–Crippen LogP) is 6.90. The van der Waals surface area contributed by atoms with Crippen molar-refractivity contribution < 1.29 is 40.1 Å². The molecule has 5 rings (SSSR count). The number of anilines is 3. The molecule has 15 heteroatoms. The van der Waals surface area contributed by atoms with Crippen LogP contribution in [0, 0.1) is 12.7 Å². The van der Waals surface area contributed by atoms with Gasteiger partial charge in [-0.1, -0.05) is 23.7 Å². The molecule has 1 aromatic heterocycles. The molecule has 0 atom stereocenters. The first-order valence-electron chi connectivity index (χ1n) is 12.2. The number of carbonyl (C=O) groups is 1. The molecule has 0 bridgehead atoms. The number of amides is 1. The zero-order valence-electron chi connectivity index (χ0n) is 22.6. The Bertz CT molecular complexity index is 1780. The van der Waals surface area contributed by atoms with Crippen molar-refractivity contribution in [3.8, 4) is 5.75 Å². The summed E-state index contributed by atoms with van der Waals surface area (Å²) in [6.07, 6.45) is -3.55. The highest BCUT2D eigenvalue weighted by Gasteiger charge is 2.37. The standard InChI is InChI=1S/C26H21ClF4N4O2.CH4O3S/c1-12-5-4-6-16(27)20(12)34-24-33-19-10-14(22-15(21(19)35-24)11-25(2,3)37-22)23(36)32-18-9-13(26(29,30)31)7-8-17(18)28;1-5(2,3)4/h4-10H,11H2,1-3H3,(H,32,36)(H2,33,34,35);1H3,(H,2,3,4). The van der Waals surface area contributed by atoms with Crippen LogP contribution in [-0.2, 0) is 22.7 Å². The van der Waals surface area contributed by atoms with E-state index in [1.165, 1.54) is 6.07 Å². The van der Waals surface area contributed by atoms with Crippen LogP contribution in [0.15, 0.2) is 42.5 Å². The minimum absolute atomic E-state index is 0.0249. The van der Waals surface area contributed by atoms with Gasteiger partial charge in [0.05, 0.1) is 44.8 Å². The van der Waals surface area contributed by atoms with Gasteiger partial charge in [0.1, 0.15) is 17.2 Å². The van der Waals surface area contributed by atoms with E-state index in [0.29, 0.717) is 64.1 Å². The van der Waals surface area contributed by atoms with Gasteiger partial charge in [-0.05, 0) is 56.7 Å². The maximum atomic E-state index is 14.3. The van der Waals surface area contributed by atoms with Gasteiger partial charge in [-0.25, -0.2) is 9.37 Å². The third kappa shape index (κ3) is 7.12. The van der Waals surface area contributed by atoms with Gasteiger partial charge in [0, 0.05) is 12.0 Å². The first-order valence-corrected chi connectivity index (χ1v) is 14.4. The Morgan fingerprint density at radius 2 is 1.86 bits per heavy atom. The number of fused-ring (bicyclic) bond motifs is 3. The van der Waals surface area contributed by atoms with Crippen molar-refractivity contribution in [1.82, 2.24) is 9.97 Å². The van der Waals surface area contributed by atoms with Crippen molar-refractivity contribution in [3.05, 3.63) is 75.6 Å². The molecule has 9 nitrogen and oxygen atoms in total. The van der Waals surface area contributed by atoms with Crippen LogP contribution in [0.2, 0.25) is 5.02 Å². The highest BCUT2D eigenvalue weighted by Crippen LogP contribution is 2.43. The van der Waals surface area contributed by atoms with Gasteiger partial charge >= 0.3 is 6.18 Å². The van der Waals surface area contributed by atoms with Crippen LogP contribution < -0.4 is 15.4 Å². The lowest BCUT2D eigenvalue weighted by atomic mass is 9.98. The number of halogens is 5. The van der Waals surface area contributed by atoms with Gasteiger partial charge in [-0.3, -0.25) is 9.35 Å². The molecule has 224 valence electrons. The quantitative estimate of drug-likeness (QED) is 0.143.